The molecule has 24 heavy (non-hydrogen) atoms. The first-order chi connectivity index (χ1) is 11.1. The number of likely N-dealkylation sites (tertiary alicyclic amines) is 1. The summed E-state index contributed by atoms with van der Waals surface area (Å²) < 4.78 is 1.82. The highest BCUT2D eigenvalue weighted by atomic mass is 35.5. The number of benzene rings is 1. The average Bonchev–Trinajstić information content (AvgIpc) is 2.97. The van der Waals surface area contributed by atoms with Gasteiger partial charge < -0.3 is 10.6 Å². The van der Waals surface area contributed by atoms with Crippen molar-refractivity contribution in [2.24, 2.45) is 5.73 Å². The Hall–Kier alpha value is -1.85. The van der Waals surface area contributed by atoms with E-state index in [2.05, 4.69) is 5.10 Å². The van der Waals surface area contributed by atoms with E-state index < -0.39 is 0 Å². The average molecular weight is 349 g/mol. The maximum absolute atomic E-state index is 12.9. The highest BCUT2D eigenvalue weighted by Crippen LogP contribution is 2.22. The van der Waals surface area contributed by atoms with Crippen LogP contribution in [0.3, 0.4) is 0 Å². The standard InChI is InChI=1S/C18H24N4O.ClH/c1-13-12-16(20-22(13)15-8-4-3-5-9-15)18(23)21-11-7-6-10-17(21)14(2)19;/h3-5,8-9,12,14,17H,6-7,10-11,19H2,1-2H3;1H. The first-order valence-electron chi connectivity index (χ1n) is 8.26. The first-order valence-corrected chi connectivity index (χ1v) is 8.26. The molecule has 130 valence electrons. The molecule has 6 heteroatoms. The molecular formula is C18H25ClN4O. The Bertz CT molecular complexity index is 684. The summed E-state index contributed by atoms with van der Waals surface area (Å²) in [6.45, 7) is 4.71. The van der Waals surface area contributed by atoms with Crippen molar-refractivity contribution in [3.05, 3.63) is 47.8 Å². The molecule has 0 aliphatic carbocycles. The molecule has 3 rings (SSSR count). The zero-order valence-corrected chi connectivity index (χ0v) is 15.0. The molecule has 0 saturated carbocycles. The van der Waals surface area contributed by atoms with Crippen molar-refractivity contribution >= 4 is 18.3 Å². The maximum atomic E-state index is 12.9. The molecule has 0 spiro atoms. The Labute approximate surface area is 149 Å². The number of para-hydroxylation sites is 1. The zero-order valence-electron chi connectivity index (χ0n) is 14.2. The second-order valence-electron chi connectivity index (χ2n) is 6.34. The largest absolute Gasteiger partial charge is 0.333 e. The van der Waals surface area contributed by atoms with Crippen LogP contribution in [0.25, 0.3) is 5.69 Å². The smallest absolute Gasteiger partial charge is 0.274 e. The van der Waals surface area contributed by atoms with Crippen LogP contribution in [-0.4, -0.2) is 39.2 Å². The third-order valence-electron chi connectivity index (χ3n) is 4.52. The molecule has 2 heterocycles. The second-order valence-corrected chi connectivity index (χ2v) is 6.34. The van der Waals surface area contributed by atoms with Gasteiger partial charge in [0.25, 0.3) is 5.91 Å². The Morgan fingerprint density at radius 2 is 2.00 bits per heavy atom. The summed E-state index contributed by atoms with van der Waals surface area (Å²) in [5.41, 5.74) is 8.50. The van der Waals surface area contributed by atoms with Gasteiger partial charge in [-0.3, -0.25) is 4.79 Å². The predicted molar refractivity (Wildman–Crippen MR) is 97.9 cm³/mol. The van der Waals surface area contributed by atoms with Gasteiger partial charge >= 0.3 is 0 Å². The third kappa shape index (κ3) is 3.62. The van der Waals surface area contributed by atoms with Crippen molar-refractivity contribution in [1.29, 1.82) is 0 Å². The molecule has 2 aromatic rings. The highest BCUT2D eigenvalue weighted by molar-refractivity contribution is 5.92. The molecule has 1 amide bonds. The molecule has 5 nitrogen and oxygen atoms in total. The molecule has 1 aromatic carbocycles. The Balaban J connectivity index is 0.00000208. The number of rotatable bonds is 3. The topological polar surface area (TPSA) is 64.2 Å². The fourth-order valence-corrected chi connectivity index (χ4v) is 3.31. The van der Waals surface area contributed by atoms with Crippen LogP contribution >= 0.6 is 12.4 Å². The van der Waals surface area contributed by atoms with Crippen molar-refractivity contribution < 1.29 is 4.79 Å². The van der Waals surface area contributed by atoms with Crippen LogP contribution in [-0.2, 0) is 0 Å². The molecule has 0 bridgehead atoms. The van der Waals surface area contributed by atoms with Crippen LogP contribution in [0.5, 0.6) is 0 Å². The van der Waals surface area contributed by atoms with Crippen molar-refractivity contribution in [3.63, 3.8) is 0 Å². The van der Waals surface area contributed by atoms with E-state index in [1.54, 1.807) is 0 Å². The molecular weight excluding hydrogens is 324 g/mol. The minimum atomic E-state index is -0.0171. The monoisotopic (exact) mass is 348 g/mol. The first kappa shape index (κ1) is 18.5. The van der Waals surface area contributed by atoms with Gasteiger partial charge in [0.1, 0.15) is 0 Å². The van der Waals surface area contributed by atoms with E-state index >= 15 is 0 Å². The number of nitrogens with zero attached hydrogens (tertiary/aromatic N) is 3. The van der Waals surface area contributed by atoms with Crippen LogP contribution in [0.15, 0.2) is 36.4 Å². The summed E-state index contributed by atoms with van der Waals surface area (Å²) in [5.74, 6) is -0.00946. The van der Waals surface area contributed by atoms with E-state index in [0.717, 1.165) is 37.2 Å². The second kappa shape index (κ2) is 7.81. The molecule has 2 atom stereocenters. The Morgan fingerprint density at radius 1 is 1.29 bits per heavy atom. The number of carbonyl (C=O) groups is 1. The van der Waals surface area contributed by atoms with Crippen molar-refractivity contribution in [3.8, 4) is 5.69 Å². The number of nitrogens with two attached hydrogens (primary N) is 1. The molecule has 1 fully saturated rings. The van der Waals surface area contributed by atoms with Crippen molar-refractivity contribution in [1.82, 2.24) is 14.7 Å². The number of aryl methyl sites for hydroxylation is 1. The minimum Gasteiger partial charge on any atom is -0.333 e. The summed E-state index contributed by atoms with van der Waals surface area (Å²) in [6, 6.07) is 11.8. The van der Waals surface area contributed by atoms with Crippen LogP contribution in [0.1, 0.15) is 42.4 Å². The number of hydrogen-bond donors (Lipinski definition) is 1. The van der Waals surface area contributed by atoms with Gasteiger partial charge in [-0.25, -0.2) is 4.68 Å². The summed E-state index contributed by atoms with van der Waals surface area (Å²) in [5, 5.41) is 4.53. The molecule has 1 aromatic heterocycles. The van der Waals surface area contributed by atoms with Gasteiger partial charge in [0.05, 0.1) is 5.69 Å². The lowest BCUT2D eigenvalue weighted by atomic mass is 9.96. The van der Waals surface area contributed by atoms with E-state index in [-0.39, 0.29) is 30.4 Å². The lowest BCUT2D eigenvalue weighted by Crippen LogP contribution is -2.51. The third-order valence-corrected chi connectivity index (χ3v) is 4.52. The van der Waals surface area contributed by atoms with Crippen molar-refractivity contribution in [2.75, 3.05) is 6.54 Å². The van der Waals surface area contributed by atoms with Crippen molar-refractivity contribution in [2.45, 2.75) is 45.2 Å². The molecule has 0 radical (unpaired) electrons. The quantitative estimate of drug-likeness (QED) is 0.927. The molecule has 1 aliphatic heterocycles. The SMILES string of the molecule is Cc1cc(C(=O)N2CCCCC2C(C)N)nn1-c1ccccc1.Cl. The van der Waals surface area contributed by atoms with E-state index in [4.69, 9.17) is 5.73 Å². The fourth-order valence-electron chi connectivity index (χ4n) is 3.31. The zero-order chi connectivity index (χ0) is 16.4. The van der Waals surface area contributed by atoms with Crippen LogP contribution in [0, 0.1) is 6.92 Å². The van der Waals surface area contributed by atoms with Gasteiger partial charge in [0, 0.05) is 24.3 Å². The molecule has 2 N–H and O–H groups in total. The summed E-state index contributed by atoms with van der Waals surface area (Å²) in [6.07, 6.45) is 3.14. The van der Waals surface area contributed by atoms with Crippen LogP contribution in [0.4, 0.5) is 0 Å². The summed E-state index contributed by atoms with van der Waals surface area (Å²) >= 11 is 0. The predicted octanol–water partition coefficient (Wildman–Crippen LogP) is 2.94. The normalized spacial score (nSPS) is 18.8. The van der Waals surface area contributed by atoms with Gasteiger partial charge in [-0.15, -0.1) is 12.4 Å². The summed E-state index contributed by atoms with van der Waals surface area (Å²) in [7, 11) is 0. The van der Waals surface area contributed by atoms with E-state index in [9.17, 15) is 4.79 Å². The van der Waals surface area contributed by atoms with Gasteiger partial charge in [0.2, 0.25) is 0 Å². The van der Waals surface area contributed by atoms with Gasteiger partial charge in [-0.1, -0.05) is 18.2 Å². The lowest BCUT2D eigenvalue weighted by molar-refractivity contribution is 0.0577. The fraction of sp³-hybridized carbons (Fsp3) is 0.444. The van der Waals surface area contributed by atoms with E-state index in [1.165, 1.54) is 0 Å². The van der Waals surface area contributed by atoms with Gasteiger partial charge in [0.15, 0.2) is 5.69 Å². The van der Waals surface area contributed by atoms with E-state index in [1.807, 2.05) is 59.8 Å². The summed E-state index contributed by atoms with van der Waals surface area (Å²) in [4.78, 5) is 14.8. The highest BCUT2D eigenvalue weighted by Gasteiger charge is 2.31. The number of aromatic nitrogens is 2. The van der Waals surface area contributed by atoms with Gasteiger partial charge in [-0.2, -0.15) is 5.10 Å². The van der Waals surface area contributed by atoms with Gasteiger partial charge in [-0.05, 0) is 51.3 Å². The number of piperidine rings is 1. The molecule has 2 unspecified atom stereocenters. The van der Waals surface area contributed by atoms with Crippen LogP contribution in [0.2, 0.25) is 0 Å². The Morgan fingerprint density at radius 3 is 2.67 bits per heavy atom. The molecule has 1 aliphatic rings. The van der Waals surface area contributed by atoms with Crippen LogP contribution < -0.4 is 5.73 Å². The number of amides is 1. The van der Waals surface area contributed by atoms with E-state index in [0.29, 0.717) is 5.69 Å². The molecule has 1 saturated heterocycles. The lowest BCUT2D eigenvalue weighted by Gasteiger charge is -2.37. The minimum absolute atomic E-state index is 0. The maximum Gasteiger partial charge on any atom is 0.274 e. The number of halogens is 1. The number of hydrogen-bond acceptors (Lipinski definition) is 3. The number of carbonyl (C=O) groups excluding carboxylic acids is 1. The Kier molecular flexibility index (Phi) is 6.02.